The second-order valence-corrected chi connectivity index (χ2v) is 5.06. The Bertz CT molecular complexity index is 502. The fourth-order valence-electron chi connectivity index (χ4n) is 2.61. The molecule has 1 aliphatic carbocycles. The van der Waals surface area contributed by atoms with E-state index in [4.69, 9.17) is 4.99 Å². The molecule has 0 radical (unpaired) electrons. The van der Waals surface area contributed by atoms with Gasteiger partial charge in [-0.25, -0.2) is 9.98 Å². The van der Waals surface area contributed by atoms with E-state index in [-0.39, 0.29) is 6.17 Å². The van der Waals surface area contributed by atoms with E-state index < -0.39 is 0 Å². The molecule has 1 aliphatic heterocycles. The topological polar surface area (TPSA) is 36.8 Å². The Labute approximate surface area is 114 Å². The fraction of sp³-hybridized carbons (Fsp3) is 0.375. The Morgan fingerprint density at radius 1 is 1.11 bits per heavy atom. The van der Waals surface area contributed by atoms with Crippen molar-refractivity contribution in [2.45, 2.75) is 31.8 Å². The molecule has 1 unspecified atom stereocenters. The third-order valence-electron chi connectivity index (χ3n) is 3.67. The predicted octanol–water partition coefficient (Wildman–Crippen LogP) is 3.14. The number of rotatable bonds is 2. The van der Waals surface area contributed by atoms with Gasteiger partial charge in [0.05, 0.1) is 6.34 Å². The second kappa shape index (κ2) is 5.83. The summed E-state index contributed by atoms with van der Waals surface area (Å²) in [7, 11) is 0. The lowest BCUT2D eigenvalue weighted by Crippen LogP contribution is -2.36. The molecule has 98 valence electrons. The number of benzene rings is 1. The van der Waals surface area contributed by atoms with E-state index in [1.165, 1.54) is 25.7 Å². The van der Waals surface area contributed by atoms with Crippen molar-refractivity contribution in [2.24, 2.45) is 15.9 Å². The van der Waals surface area contributed by atoms with E-state index in [1.54, 1.807) is 6.34 Å². The SMILES string of the molecule is C1=CC([C@@H]2N=C(c3ccccc3)N=CN2)CCCC1. The van der Waals surface area contributed by atoms with Crippen LogP contribution in [0.25, 0.3) is 0 Å². The lowest BCUT2D eigenvalue weighted by atomic mass is 10.00. The van der Waals surface area contributed by atoms with Crippen LogP contribution >= 0.6 is 0 Å². The molecule has 2 atom stereocenters. The molecule has 0 spiro atoms. The van der Waals surface area contributed by atoms with E-state index in [0.29, 0.717) is 5.92 Å². The van der Waals surface area contributed by atoms with E-state index >= 15 is 0 Å². The Balaban J connectivity index is 1.81. The van der Waals surface area contributed by atoms with Crippen LogP contribution in [-0.2, 0) is 0 Å². The molecule has 0 saturated heterocycles. The summed E-state index contributed by atoms with van der Waals surface area (Å²) in [6, 6.07) is 10.2. The van der Waals surface area contributed by atoms with Gasteiger partial charge < -0.3 is 5.32 Å². The average Bonchev–Trinajstić information content (AvgIpc) is 2.77. The van der Waals surface area contributed by atoms with Crippen LogP contribution in [0.3, 0.4) is 0 Å². The lowest BCUT2D eigenvalue weighted by molar-refractivity contribution is 0.441. The highest BCUT2D eigenvalue weighted by Crippen LogP contribution is 2.22. The third kappa shape index (κ3) is 2.92. The highest BCUT2D eigenvalue weighted by molar-refractivity contribution is 6.03. The van der Waals surface area contributed by atoms with Crippen LogP contribution in [0.4, 0.5) is 0 Å². The molecule has 0 amide bonds. The van der Waals surface area contributed by atoms with Crippen LogP contribution in [0.15, 0.2) is 52.5 Å². The standard InChI is InChI=1S/C16H19N3/c1-2-5-9-13(8-4-1)15-17-12-18-16(19-15)14-10-6-3-7-11-14/h3-4,6-8,10-13,15H,1-2,5,9H2,(H,17,18,19)/t13?,15-/m0/s1. The van der Waals surface area contributed by atoms with E-state index in [1.807, 2.05) is 18.2 Å². The minimum absolute atomic E-state index is 0.127. The van der Waals surface area contributed by atoms with Crippen molar-refractivity contribution in [3.8, 4) is 0 Å². The molecule has 19 heavy (non-hydrogen) atoms. The first-order chi connectivity index (χ1) is 9.43. The molecule has 0 bridgehead atoms. The predicted molar refractivity (Wildman–Crippen MR) is 79.5 cm³/mol. The van der Waals surface area contributed by atoms with Gasteiger partial charge >= 0.3 is 0 Å². The maximum atomic E-state index is 4.77. The first-order valence-electron chi connectivity index (χ1n) is 7.02. The van der Waals surface area contributed by atoms with Gasteiger partial charge in [0.2, 0.25) is 0 Å². The van der Waals surface area contributed by atoms with Gasteiger partial charge in [0.1, 0.15) is 6.17 Å². The molecule has 2 aliphatic rings. The average molecular weight is 253 g/mol. The maximum Gasteiger partial charge on any atom is 0.158 e. The summed E-state index contributed by atoms with van der Waals surface area (Å²) in [5, 5.41) is 3.29. The van der Waals surface area contributed by atoms with Crippen molar-refractivity contribution in [2.75, 3.05) is 0 Å². The fourth-order valence-corrected chi connectivity index (χ4v) is 2.61. The van der Waals surface area contributed by atoms with Crippen molar-refractivity contribution in [3.63, 3.8) is 0 Å². The van der Waals surface area contributed by atoms with Gasteiger partial charge in [-0.05, 0) is 19.3 Å². The second-order valence-electron chi connectivity index (χ2n) is 5.06. The first kappa shape index (κ1) is 12.2. The molecular formula is C16H19N3. The highest BCUT2D eigenvalue weighted by Gasteiger charge is 2.21. The molecule has 1 aromatic carbocycles. The molecule has 3 rings (SSSR count). The minimum Gasteiger partial charge on any atom is -0.354 e. The molecule has 1 aromatic rings. The number of nitrogens with zero attached hydrogens (tertiary/aromatic N) is 2. The maximum absolute atomic E-state index is 4.77. The van der Waals surface area contributed by atoms with Gasteiger partial charge in [0.15, 0.2) is 5.84 Å². The summed E-state index contributed by atoms with van der Waals surface area (Å²) in [6.45, 7) is 0. The molecule has 0 aromatic heterocycles. The number of allylic oxidation sites excluding steroid dienone is 1. The zero-order chi connectivity index (χ0) is 12.9. The molecule has 0 fully saturated rings. The quantitative estimate of drug-likeness (QED) is 0.808. The first-order valence-corrected chi connectivity index (χ1v) is 7.02. The van der Waals surface area contributed by atoms with Crippen LogP contribution in [0.2, 0.25) is 0 Å². The monoisotopic (exact) mass is 253 g/mol. The van der Waals surface area contributed by atoms with Crippen LogP contribution in [0, 0.1) is 5.92 Å². The van der Waals surface area contributed by atoms with Crippen LogP contribution < -0.4 is 5.32 Å². The van der Waals surface area contributed by atoms with Crippen molar-refractivity contribution < 1.29 is 0 Å². The Hall–Kier alpha value is -1.90. The number of nitrogens with one attached hydrogen (secondary N) is 1. The number of hydrogen-bond donors (Lipinski definition) is 1. The van der Waals surface area contributed by atoms with Crippen molar-refractivity contribution in [1.82, 2.24) is 5.32 Å². The summed E-state index contributed by atoms with van der Waals surface area (Å²) in [5.41, 5.74) is 1.09. The van der Waals surface area contributed by atoms with Crippen molar-refractivity contribution >= 4 is 12.2 Å². The number of amidine groups is 1. The van der Waals surface area contributed by atoms with Crippen molar-refractivity contribution in [1.29, 1.82) is 0 Å². The van der Waals surface area contributed by atoms with E-state index in [0.717, 1.165) is 11.4 Å². The van der Waals surface area contributed by atoms with Gasteiger partial charge in [0, 0.05) is 11.5 Å². The molecule has 1 N–H and O–H groups in total. The van der Waals surface area contributed by atoms with Crippen LogP contribution in [-0.4, -0.2) is 18.3 Å². The van der Waals surface area contributed by atoms with E-state index in [2.05, 4.69) is 34.6 Å². The minimum atomic E-state index is 0.127. The summed E-state index contributed by atoms with van der Waals surface area (Å²) >= 11 is 0. The van der Waals surface area contributed by atoms with Crippen molar-refractivity contribution in [3.05, 3.63) is 48.0 Å². The van der Waals surface area contributed by atoms with Gasteiger partial charge in [-0.1, -0.05) is 48.9 Å². The van der Waals surface area contributed by atoms with E-state index in [9.17, 15) is 0 Å². The molecule has 3 nitrogen and oxygen atoms in total. The van der Waals surface area contributed by atoms with Crippen LogP contribution in [0.5, 0.6) is 0 Å². The highest BCUT2D eigenvalue weighted by atomic mass is 15.2. The van der Waals surface area contributed by atoms with Gasteiger partial charge in [0.25, 0.3) is 0 Å². The third-order valence-corrected chi connectivity index (χ3v) is 3.67. The molecular weight excluding hydrogens is 234 g/mol. The Kier molecular flexibility index (Phi) is 3.73. The van der Waals surface area contributed by atoms with Gasteiger partial charge in [-0.2, -0.15) is 0 Å². The summed E-state index contributed by atoms with van der Waals surface area (Å²) in [4.78, 5) is 9.13. The lowest BCUT2D eigenvalue weighted by Gasteiger charge is -2.23. The van der Waals surface area contributed by atoms with Gasteiger partial charge in [-0.3, -0.25) is 0 Å². The summed E-state index contributed by atoms with van der Waals surface area (Å²) in [5.74, 6) is 1.31. The number of aliphatic imine (C=N–C) groups is 2. The summed E-state index contributed by atoms with van der Waals surface area (Å²) in [6.07, 6.45) is 11.5. The zero-order valence-electron chi connectivity index (χ0n) is 11.0. The van der Waals surface area contributed by atoms with Crippen LogP contribution in [0.1, 0.15) is 31.2 Å². The Morgan fingerprint density at radius 2 is 2.00 bits per heavy atom. The smallest absolute Gasteiger partial charge is 0.158 e. The largest absolute Gasteiger partial charge is 0.354 e. The summed E-state index contributed by atoms with van der Waals surface area (Å²) < 4.78 is 0. The zero-order valence-corrected chi connectivity index (χ0v) is 11.0. The van der Waals surface area contributed by atoms with Gasteiger partial charge in [-0.15, -0.1) is 0 Å². The molecule has 1 heterocycles. The number of hydrogen-bond acceptors (Lipinski definition) is 3. The normalized spacial score (nSPS) is 26.4. The Morgan fingerprint density at radius 3 is 2.89 bits per heavy atom. The molecule has 3 heteroatoms. The molecule has 0 saturated carbocycles.